The van der Waals surface area contributed by atoms with Crippen LogP contribution in [-0.2, 0) is 30.5 Å². The number of ether oxygens (including phenoxy) is 2. The number of hydrogen-bond donors (Lipinski definition) is 4. The molecule has 4 atom stereocenters. The van der Waals surface area contributed by atoms with E-state index in [0.29, 0.717) is 6.42 Å². The van der Waals surface area contributed by atoms with Crippen molar-refractivity contribution in [3.8, 4) is 0 Å². The Morgan fingerprint density at radius 2 is 1.47 bits per heavy atom. The first-order valence-corrected chi connectivity index (χ1v) is 11.3. The molecule has 0 aliphatic carbocycles. The quantitative estimate of drug-likeness (QED) is 0.333. The number of benzene rings is 1. The van der Waals surface area contributed by atoms with Gasteiger partial charge in [-0.1, -0.05) is 58.0 Å². The van der Waals surface area contributed by atoms with Gasteiger partial charge in [-0.3, -0.25) is 9.59 Å². The molecule has 1 rings (SSSR count). The fourth-order valence-electron chi connectivity index (χ4n) is 3.16. The number of alkyl carbamates (subject to hydrolysis) is 1. The van der Waals surface area contributed by atoms with Crippen LogP contribution in [0.2, 0.25) is 0 Å². The van der Waals surface area contributed by atoms with Crippen LogP contribution in [0.1, 0.15) is 46.6 Å². The zero-order valence-electron chi connectivity index (χ0n) is 20.7. The van der Waals surface area contributed by atoms with Crippen LogP contribution in [0.5, 0.6) is 0 Å². The summed E-state index contributed by atoms with van der Waals surface area (Å²) in [6, 6.07) is 5.76. The maximum atomic E-state index is 12.9. The molecular formula is C24H37N3O7. The minimum absolute atomic E-state index is 0.0303. The summed E-state index contributed by atoms with van der Waals surface area (Å²) in [5, 5.41) is 17.6. The summed E-state index contributed by atoms with van der Waals surface area (Å²) < 4.78 is 9.92. The molecule has 190 valence electrons. The van der Waals surface area contributed by atoms with Crippen molar-refractivity contribution < 1.29 is 33.8 Å². The lowest BCUT2D eigenvalue weighted by molar-refractivity contribution is -0.146. The van der Waals surface area contributed by atoms with E-state index >= 15 is 0 Å². The number of carbonyl (C=O) groups is 4. The Labute approximate surface area is 200 Å². The van der Waals surface area contributed by atoms with Crippen LogP contribution in [0.25, 0.3) is 0 Å². The molecule has 0 spiro atoms. The molecule has 0 bridgehead atoms. The van der Waals surface area contributed by atoms with Gasteiger partial charge >= 0.3 is 12.1 Å². The van der Waals surface area contributed by atoms with Crippen molar-refractivity contribution in [3.05, 3.63) is 35.9 Å². The highest BCUT2D eigenvalue weighted by Gasteiger charge is 2.33. The van der Waals surface area contributed by atoms with E-state index in [1.807, 2.05) is 32.0 Å². The first-order chi connectivity index (χ1) is 16.0. The van der Waals surface area contributed by atoms with Crippen LogP contribution < -0.4 is 16.0 Å². The zero-order chi connectivity index (χ0) is 25.8. The van der Waals surface area contributed by atoms with Crippen molar-refractivity contribution in [1.29, 1.82) is 0 Å². The predicted octanol–water partition coefficient (Wildman–Crippen LogP) is 1.51. The number of carbonyl (C=O) groups excluding carboxylic acids is 4. The second kappa shape index (κ2) is 14.2. The Morgan fingerprint density at radius 3 is 1.97 bits per heavy atom. The van der Waals surface area contributed by atoms with E-state index in [4.69, 9.17) is 9.47 Å². The summed E-state index contributed by atoms with van der Waals surface area (Å²) in [6.07, 6.45) is -1.74. The second-order valence-electron chi connectivity index (χ2n) is 8.87. The van der Waals surface area contributed by atoms with E-state index in [0.717, 1.165) is 5.56 Å². The van der Waals surface area contributed by atoms with Crippen LogP contribution in [0.4, 0.5) is 4.79 Å². The van der Waals surface area contributed by atoms with Gasteiger partial charge in [-0.15, -0.1) is 0 Å². The normalized spacial score (nSPS) is 14.5. The molecule has 0 aliphatic rings. The molecule has 0 fully saturated rings. The highest BCUT2D eigenvalue weighted by molar-refractivity contribution is 5.93. The fourth-order valence-corrected chi connectivity index (χ4v) is 3.16. The lowest BCUT2D eigenvalue weighted by Gasteiger charge is -2.27. The number of nitrogens with one attached hydrogen (secondary N) is 3. The van der Waals surface area contributed by atoms with Crippen molar-refractivity contribution >= 4 is 23.9 Å². The van der Waals surface area contributed by atoms with E-state index < -0.39 is 48.1 Å². The number of amides is 3. The summed E-state index contributed by atoms with van der Waals surface area (Å²) in [4.78, 5) is 50.0. The van der Waals surface area contributed by atoms with Crippen molar-refractivity contribution in [2.75, 3.05) is 7.11 Å². The third-order valence-electron chi connectivity index (χ3n) is 5.01. The highest BCUT2D eigenvalue weighted by atomic mass is 16.5. The number of aliphatic hydroxyl groups excluding tert-OH is 1. The van der Waals surface area contributed by atoms with Crippen molar-refractivity contribution in [2.24, 2.45) is 11.8 Å². The fraction of sp³-hybridized carbons (Fsp3) is 0.583. The topological polar surface area (TPSA) is 143 Å². The maximum Gasteiger partial charge on any atom is 0.408 e. The number of esters is 1. The minimum Gasteiger partial charge on any atom is -0.467 e. The third-order valence-corrected chi connectivity index (χ3v) is 5.01. The summed E-state index contributed by atoms with van der Waals surface area (Å²) in [5.74, 6) is -2.30. The standard InChI is InChI=1S/C24H37N3O7/c1-14(2)12-18(23(31)33-6)25-22(30)20(16(5)28)26-21(29)19(15(3)4)27-24(32)34-13-17-10-8-7-9-11-17/h7-11,14-16,18-20,28H,12-13H2,1-6H3,(H,25,30)(H,26,29)(H,27,32)/t16?,18-,19+,20-/m0/s1. The largest absolute Gasteiger partial charge is 0.467 e. The molecular weight excluding hydrogens is 442 g/mol. The van der Waals surface area contributed by atoms with Gasteiger partial charge in [-0.25, -0.2) is 9.59 Å². The third kappa shape index (κ3) is 9.78. The molecule has 34 heavy (non-hydrogen) atoms. The van der Waals surface area contributed by atoms with Gasteiger partial charge in [0.05, 0.1) is 13.2 Å². The molecule has 0 radical (unpaired) electrons. The first kappa shape index (κ1) is 28.9. The van der Waals surface area contributed by atoms with E-state index in [2.05, 4.69) is 16.0 Å². The predicted molar refractivity (Wildman–Crippen MR) is 125 cm³/mol. The Bertz CT molecular complexity index is 812. The van der Waals surface area contributed by atoms with Crippen molar-refractivity contribution in [2.45, 2.75) is 71.9 Å². The Morgan fingerprint density at radius 1 is 0.882 bits per heavy atom. The van der Waals surface area contributed by atoms with Crippen LogP contribution in [0.15, 0.2) is 30.3 Å². The average molecular weight is 480 g/mol. The highest BCUT2D eigenvalue weighted by Crippen LogP contribution is 2.09. The Hall–Kier alpha value is -3.14. The molecule has 1 unspecified atom stereocenters. The SMILES string of the molecule is COC(=O)[C@H](CC(C)C)NC(=O)[C@@H](NC(=O)[C@H](NC(=O)OCc1ccccc1)C(C)C)C(C)O. The lowest BCUT2D eigenvalue weighted by Crippen LogP contribution is -2.60. The van der Waals surface area contributed by atoms with Gasteiger partial charge in [0.25, 0.3) is 0 Å². The smallest absolute Gasteiger partial charge is 0.408 e. The van der Waals surface area contributed by atoms with E-state index in [1.165, 1.54) is 14.0 Å². The molecule has 0 aliphatic heterocycles. The van der Waals surface area contributed by atoms with Crippen LogP contribution in [0, 0.1) is 11.8 Å². The molecule has 10 heteroatoms. The summed E-state index contributed by atoms with van der Waals surface area (Å²) in [5.41, 5.74) is 0.788. The molecule has 3 amide bonds. The summed E-state index contributed by atoms with van der Waals surface area (Å²) in [6.45, 7) is 8.57. The second-order valence-corrected chi connectivity index (χ2v) is 8.87. The number of aliphatic hydroxyl groups is 1. The van der Waals surface area contributed by atoms with Gasteiger partial charge in [0.15, 0.2) is 0 Å². The van der Waals surface area contributed by atoms with Gasteiger partial charge in [-0.2, -0.15) is 0 Å². The van der Waals surface area contributed by atoms with Gasteiger partial charge in [-0.05, 0) is 30.7 Å². The van der Waals surface area contributed by atoms with Gasteiger partial charge in [0.2, 0.25) is 11.8 Å². The average Bonchev–Trinajstić information content (AvgIpc) is 2.78. The molecule has 10 nitrogen and oxygen atoms in total. The molecule has 1 aromatic carbocycles. The maximum absolute atomic E-state index is 12.9. The Balaban J connectivity index is 2.83. The van der Waals surface area contributed by atoms with Crippen LogP contribution >= 0.6 is 0 Å². The van der Waals surface area contributed by atoms with Crippen molar-refractivity contribution in [3.63, 3.8) is 0 Å². The molecule has 0 saturated heterocycles. The lowest BCUT2D eigenvalue weighted by atomic mass is 10.0. The van der Waals surface area contributed by atoms with E-state index in [-0.39, 0.29) is 18.4 Å². The zero-order valence-corrected chi connectivity index (χ0v) is 20.7. The molecule has 4 N–H and O–H groups in total. The number of hydrogen-bond acceptors (Lipinski definition) is 7. The number of methoxy groups -OCH3 is 1. The van der Waals surface area contributed by atoms with Gasteiger partial charge in [0.1, 0.15) is 24.7 Å². The van der Waals surface area contributed by atoms with Crippen molar-refractivity contribution in [1.82, 2.24) is 16.0 Å². The van der Waals surface area contributed by atoms with E-state index in [1.54, 1.807) is 26.0 Å². The van der Waals surface area contributed by atoms with Gasteiger partial charge in [0, 0.05) is 0 Å². The first-order valence-electron chi connectivity index (χ1n) is 11.3. The summed E-state index contributed by atoms with van der Waals surface area (Å²) >= 11 is 0. The molecule has 0 saturated carbocycles. The van der Waals surface area contributed by atoms with Crippen LogP contribution in [0.3, 0.4) is 0 Å². The van der Waals surface area contributed by atoms with Gasteiger partial charge < -0.3 is 30.5 Å². The Kier molecular flexibility index (Phi) is 12.1. The monoisotopic (exact) mass is 479 g/mol. The van der Waals surface area contributed by atoms with E-state index in [9.17, 15) is 24.3 Å². The molecule has 1 aromatic rings. The number of rotatable bonds is 12. The molecule has 0 heterocycles. The summed E-state index contributed by atoms with van der Waals surface area (Å²) in [7, 11) is 1.21. The van der Waals surface area contributed by atoms with Crippen LogP contribution in [-0.4, -0.2) is 60.3 Å². The minimum atomic E-state index is -1.35. The molecule has 0 aromatic heterocycles.